The number of carbonyl (C=O) groups is 3. The van der Waals surface area contributed by atoms with Gasteiger partial charge in [0.15, 0.2) is 0 Å². The Hall–Kier alpha value is -3.85. The Balaban J connectivity index is 1.43. The van der Waals surface area contributed by atoms with E-state index in [9.17, 15) is 14.4 Å². The zero-order valence-electron chi connectivity index (χ0n) is 24.9. The number of nitrogens with zero attached hydrogens (tertiary/aromatic N) is 3. The van der Waals surface area contributed by atoms with Crippen LogP contribution in [0.5, 0.6) is 11.5 Å². The summed E-state index contributed by atoms with van der Waals surface area (Å²) < 4.78 is 11.6. The molecule has 2 unspecified atom stereocenters. The van der Waals surface area contributed by atoms with Crippen LogP contribution in [0.15, 0.2) is 65.9 Å². The van der Waals surface area contributed by atoms with Gasteiger partial charge in [-0.2, -0.15) is 0 Å². The molecule has 1 aliphatic carbocycles. The first-order chi connectivity index (χ1) is 20.4. The summed E-state index contributed by atoms with van der Waals surface area (Å²) in [5.74, 6) is 1.27. The zero-order valence-corrected chi connectivity index (χ0v) is 24.9. The van der Waals surface area contributed by atoms with Crippen LogP contribution in [0.2, 0.25) is 0 Å². The third-order valence-corrected chi connectivity index (χ3v) is 8.49. The molecule has 1 saturated carbocycles. The Morgan fingerprint density at radius 1 is 0.976 bits per heavy atom. The molecular weight excluding hydrogens is 532 g/mol. The lowest BCUT2D eigenvalue weighted by atomic mass is 9.93. The topological polar surface area (TPSA) is 91.4 Å². The molecule has 2 aliphatic heterocycles. The Morgan fingerprint density at radius 2 is 1.71 bits per heavy atom. The first-order valence-corrected chi connectivity index (χ1v) is 15.2. The molecule has 0 spiro atoms. The number of rotatable bonds is 9. The first kappa shape index (κ1) is 29.6. The molecule has 0 radical (unpaired) electrons. The number of carbonyl (C=O) groups excluding carboxylic acids is 3. The predicted octanol–water partition coefficient (Wildman–Crippen LogP) is 5.11. The molecule has 9 heteroatoms. The number of para-hydroxylation sites is 1. The van der Waals surface area contributed by atoms with Crippen LogP contribution in [0, 0.1) is 5.92 Å². The Bertz CT molecular complexity index is 1310. The van der Waals surface area contributed by atoms with Crippen LogP contribution >= 0.6 is 0 Å². The maximum atomic E-state index is 13.6. The monoisotopic (exact) mass is 574 g/mol. The smallest absolute Gasteiger partial charge is 0.338 e. The minimum atomic E-state index is -0.698. The van der Waals surface area contributed by atoms with E-state index in [1.165, 1.54) is 0 Å². The molecule has 224 valence electrons. The highest BCUT2D eigenvalue weighted by atomic mass is 16.5. The van der Waals surface area contributed by atoms with Gasteiger partial charge in [0.05, 0.1) is 18.2 Å². The lowest BCUT2D eigenvalue weighted by Gasteiger charge is -2.43. The molecule has 2 aromatic rings. The summed E-state index contributed by atoms with van der Waals surface area (Å²) in [6.07, 6.45) is 4.24. The fourth-order valence-corrected chi connectivity index (χ4v) is 6.41. The van der Waals surface area contributed by atoms with Gasteiger partial charge in [0, 0.05) is 50.4 Å². The van der Waals surface area contributed by atoms with Crippen molar-refractivity contribution in [2.24, 2.45) is 5.92 Å². The van der Waals surface area contributed by atoms with E-state index in [1.54, 1.807) is 11.8 Å². The third-order valence-electron chi connectivity index (χ3n) is 8.49. The van der Waals surface area contributed by atoms with Crippen LogP contribution in [0.1, 0.15) is 58.1 Å². The molecule has 0 bridgehead atoms. The van der Waals surface area contributed by atoms with E-state index >= 15 is 0 Å². The molecule has 3 amide bonds. The molecule has 1 saturated heterocycles. The van der Waals surface area contributed by atoms with Gasteiger partial charge in [0.25, 0.3) is 0 Å². The highest BCUT2D eigenvalue weighted by Gasteiger charge is 2.40. The molecule has 2 aromatic carbocycles. The number of likely N-dealkylation sites (N-methyl/N-ethyl adjacent to an activating group) is 1. The van der Waals surface area contributed by atoms with Crippen molar-refractivity contribution in [1.82, 2.24) is 20.0 Å². The summed E-state index contributed by atoms with van der Waals surface area (Å²) in [6, 6.07) is 16.0. The van der Waals surface area contributed by atoms with E-state index in [1.807, 2.05) is 66.4 Å². The summed E-state index contributed by atoms with van der Waals surface area (Å²) in [4.78, 5) is 46.1. The normalized spacial score (nSPS) is 21.8. The van der Waals surface area contributed by atoms with Crippen molar-refractivity contribution in [2.75, 3.05) is 39.3 Å². The molecule has 9 nitrogen and oxygen atoms in total. The molecule has 5 rings (SSSR count). The summed E-state index contributed by atoms with van der Waals surface area (Å²) in [6.45, 7) is 8.78. The number of benzene rings is 2. The number of amides is 3. The van der Waals surface area contributed by atoms with Gasteiger partial charge < -0.3 is 19.7 Å². The van der Waals surface area contributed by atoms with Gasteiger partial charge in [-0.05, 0) is 63.4 Å². The fraction of sp³-hybridized carbons (Fsp3) is 0.485. The van der Waals surface area contributed by atoms with Crippen LogP contribution in [-0.2, 0) is 14.3 Å². The SMILES string of the molecule is CCOC(=O)C1=C(CN2CCN(C(=O)C3CCCC3)C(C)C2)N(CC)C(=O)NC1c1cccc(Oc2ccccc2)c1. The molecule has 3 aliphatic rings. The van der Waals surface area contributed by atoms with Crippen molar-refractivity contribution in [3.8, 4) is 11.5 Å². The number of piperazine rings is 1. The minimum Gasteiger partial charge on any atom is -0.463 e. The first-order valence-electron chi connectivity index (χ1n) is 15.2. The lowest BCUT2D eigenvalue weighted by molar-refractivity contribution is -0.140. The number of urea groups is 1. The summed E-state index contributed by atoms with van der Waals surface area (Å²) in [7, 11) is 0. The highest BCUT2D eigenvalue weighted by Crippen LogP contribution is 2.35. The van der Waals surface area contributed by atoms with Crippen LogP contribution in [0.3, 0.4) is 0 Å². The number of hydrogen-bond acceptors (Lipinski definition) is 6. The quantitative estimate of drug-likeness (QED) is 0.419. The van der Waals surface area contributed by atoms with E-state index in [0.717, 1.165) is 31.2 Å². The van der Waals surface area contributed by atoms with Gasteiger partial charge in [0.2, 0.25) is 5.91 Å². The van der Waals surface area contributed by atoms with Crippen LogP contribution < -0.4 is 10.1 Å². The molecule has 2 heterocycles. The minimum absolute atomic E-state index is 0.0496. The van der Waals surface area contributed by atoms with Gasteiger partial charge in [0.1, 0.15) is 11.5 Å². The number of hydrogen-bond donors (Lipinski definition) is 1. The molecule has 42 heavy (non-hydrogen) atoms. The van der Waals surface area contributed by atoms with Crippen molar-refractivity contribution >= 4 is 17.9 Å². The molecule has 0 aromatic heterocycles. The van der Waals surface area contributed by atoms with Gasteiger partial charge in [-0.15, -0.1) is 0 Å². The van der Waals surface area contributed by atoms with E-state index in [-0.39, 0.29) is 30.5 Å². The average Bonchev–Trinajstić information content (AvgIpc) is 3.53. The zero-order chi connectivity index (χ0) is 29.6. The largest absolute Gasteiger partial charge is 0.463 e. The van der Waals surface area contributed by atoms with Crippen LogP contribution in [-0.4, -0.2) is 78.0 Å². The molecule has 2 fully saturated rings. The van der Waals surface area contributed by atoms with Crippen molar-refractivity contribution < 1.29 is 23.9 Å². The maximum absolute atomic E-state index is 13.6. The summed E-state index contributed by atoms with van der Waals surface area (Å²) in [5.41, 5.74) is 1.79. The predicted molar refractivity (Wildman–Crippen MR) is 160 cm³/mol. The van der Waals surface area contributed by atoms with Gasteiger partial charge in [-0.1, -0.05) is 43.2 Å². The van der Waals surface area contributed by atoms with E-state index < -0.39 is 12.0 Å². The summed E-state index contributed by atoms with van der Waals surface area (Å²) in [5, 5.41) is 3.04. The van der Waals surface area contributed by atoms with Gasteiger partial charge >= 0.3 is 12.0 Å². The van der Waals surface area contributed by atoms with Gasteiger partial charge in [-0.3, -0.25) is 14.6 Å². The second-order valence-corrected chi connectivity index (χ2v) is 11.3. The Kier molecular flexibility index (Phi) is 9.47. The number of esters is 1. The second-order valence-electron chi connectivity index (χ2n) is 11.3. The van der Waals surface area contributed by atoms with Crippen LogP contribution in [0.25, 0.3) is 0 Å². The molecule has 2 atom stereocenters. The molecular formula is C33H42N4O5. The van der Waals surface area contributed by atoms with Crippen molar-refractivity contribution in [3.05, 3.63) is 71.4 Å². The maximum Gasteiger partial charge on any atom is 0.338 e. The Labute approximate surface area is 248 Å². The average molecular weight is 575 g/mol. The second kappa shape index (κ2) is 13.4. The standard InChI is InChI=1S/C33H42N4O5/c1-4-36-28(22-35-18-19-37(23(3)21-35)31(38)24-12-9-10-13-24)29(32(39)41-5-2)30(34-33(36)40)25-14-11-17-27(20-25)42-26-15-7-6-8-16-26/h6-8,11,14-17,20,23-24,30H,4-5,9-10,12-13,18-19,21-22H2,1-3H3,(H,34,40). The van der Waals surface area contributed by atoms with Crippen molar-refractivity contribution in [1.29, 1.82) is 0 Å². The van der Waals surface area contributed by atoms with Gasteiger partial charge in [-0.25, -0.2) is 9.59 Å². The van der Waals surface area contributed by atoms with Crippen molar-refractivity contribution in [2.45, 2.75) is 58.5 Å². The third kappa shape index (κ3) is 6.46. The lowest BCUT2D eigenvalue weighted by Crippen LogP contribution is -2.57. The Morgan fingerprint density at radius 3 is 2.40 bits per heavy atom. The number of ether oxygens (including phenoxy) is 2. The fourth-order valence-electron chi connectivity index (χ4n) is 6.41. The number of nitrogens with one attached hydrogen (secondary N) is 1. The summed E-state index contributed by atoms with van der Waals surface area (Å²) >= 11 is 0. The van der Waals surface area contributed by atoms with Crippen molar-refractivity contribution in [3.63, 3.8) is 0 Å². The molecule has 1 N–H and O–H groups in total. The van der Waals surface area contributed by atoms with E-state index in [0.29, 0.717) is 55.5 Å². The van der Waals surface area contributed by atoms with E-state index in [4.69, 9.17) is 9.47 Å². The van der Waals surface area contributed by atoms with E-state index in [2.05, 4.69) is 17.1 Å². The van der Waals surface area contributed by atoms with Crippen LogP contribution in [0.4, 0.5) is 4.79 Å². The highest BCUT2D eigenvalue weighted by molar-refractivity contribution is 5.95.